The number of sulfonamides is 1. The summed E-state index contributed by atoms with van der Waals surface area (Å²) in [5.41, 5.74) is 0.513. The predicted octanol–water partition coefficient (Wildman–Crippen LogP) is 3.30. The maximum atomic E-state index is 14.3. The maximum Gasteiger partial charge on any atom is 0.244 e. The molecule has 0 aromatic heterocycles. The molecule has 32 heavy (non-hydrogen) atoms. The highest BCUT2D eigenvalue weighted by atomic mass is 79.9. The molecule has 0 saturated carbocycles. The van der Waals surface area contributed by atoms with Gasteiger partial charge in [-0.05, 0) is 50.6 Å². The van der Waals surface area contributed by atoms with Gasteiger partial charge < -0.3 is 10.2 Å². The Hall–Kier alpha value is -2.46. The average Bonchev–Trinajstić information content (AvgIpc) is 2.69. The monoisotopic (exact) mass is 527 g/mol. The van der Waals surface area contributed by atoms with Gasteiger partial charge in [0, 0.05) is 17.1 Å². The number of carbonyl (C=O) groups excluding carboxylic acids is 2. The second-order valence-corrected chi connectivity index (χ2v) is 10.5. The van der Waals surface area contributed by atoms with Gasteiger partial charge in [-0.1, -0.05) is 40.2 Å². The van der Waals surface area contributed by atoms with Gasteiger partial charge in [0.2, 0.25) is 21.8 Å². The summed E-state index contributed by atoms with van der Waals surface area (Å²) >= 11 is 3.38. The maximum absolute atomic E-state index is 14.3. The average molecular weight is 528 g/mol. The number of anilines is 1. The highest BCUT2D eigenvalue weighted by molar-refractivity contribution is 9.10. The van der Waals surface area contributed by atoms with Gasteiger partial charge in [0.05, 0.1) is 11.9 Å². The molecule has 0 spiro atoms. The fraction of sp³-hybridized carbons (Fsp3) is 0.364. The van der Waals surface area contributed by atoms with Gasteiger partial charge in [0.25, 0.3) is 0 Å². The molecule has 10 heteroatoms. The van der Waals surface area contributed by atoms with Crippen molar-refractivity contribution in [3.05, 3.63) is 64.4 Å². The van der Waals surface area contributed by atoms with Crippen molar-refractivity contribution in [2.24, 2.45) is 0 Å². The molecule has 0 aliphatic carbocycles. The van der Waals surface area contributed by atoms with E-state index in [4.69, 9.17) is 0 Å². The van der Waals surface area contributed by atoms with E-state index in [1.165, 1.54) is 23.1 Å². The third-order valence-corrected chi connectivity index (χ3v) is 6.26. The molecule has 2 rings (SSSR count). The number of nitrogens with one attached hydrogen (secondary N) is 1. The number of rotatable bonds is 9. The van der Waals surface area contributed by atoms with E-state index in [2.05, 4.69) is 21.2 Å². The van der Waals surface area contributed by atoms with Gasteiger partial charge >= 0.3 is 0 Å². The predicted molar refractivity (Wildman–Crippen MR) is 126 cm³/mol. The Kier molecular flexibility index (Phi) is 8.80. The summed E-state index contributed by atoms with van der Waals surface area (Å²) < 4.78 is 40.6. The van der Waals surface area contributed by atoms with Gasteiger partial charge in [-0.3, -0.25) is 13.9 Å². The normalized spacial score (nSPS) is 12.3. The molecule has 0 unspecified atom stereocenters. The van der Waals surface area contributed by atoms with Crippen LogP contribution >= 0.6 is 15.9 Å². The molecule has 2 amide bonds. The molecule has 1 N–H and O–H groups in total. The van der Waals surface area contributed by atoms with Crippen LogP contribution in [0.4, 0.5) is 10.1 Å². The summed E-state index contributed by atoms with van der Waals surface area (Å²) in [7, 11) is -3.98. The summed E-state index contributed by atoms with van der Waals surface area (Å²) in [6.45, 7) is 4.59. The molecule has 0 saturated heterocycles. The van der Waals surface area contributed by atoms with Gasteiger partial charge in [0.15, 0.2) is 0 Å². The van der Waals surface area contributed by atoms with Crippen LogP contribution in [-0.2, 0) is 26.2 Å². The number of amides is 2. The van der Waals surface area contributed by atoms with E-state index < -0.39 is 34.3 Å². The van der Waals surface area contributed by atoms with Gasteiger partial charge in [-0.15, -0.1) is 0 Å². The minimum atomic E-state index is -3.98. The van der Waals surface area contributed by atoms with Crippen molar-refractivity contribution in [3.63, 3.8) is 0 Å². The number of hydrogen-bond donors (Lipinski definition) is 1. The lowest BCUT2D eigenvalue weighted by atomic mass is 10.1. The molecule has 0 fully saturated rings. The standard InChI is InChI=1S/C22H27BrFN3O4S/c1-15(2)25-22(29)16(3)26(13-17-8-7-9-18(23)12-17)21(28)14-27(32(4,30)31)20-11-6-5-10-19(20)24/h5-12,15-16H,13-14H2,1-4H3,(H,25,29)/t16-/m0/s1. The van der Waals surface area contributed by atoms with Crippen LogP contribution in [0, 0.1) is 5.82 Å². The van der Waals surface area contributed by atoms with Crippen LogP contribution < -0.4 is 9.62 Å². The third kappa shape index (κ3) is 7.03. The third-order valence-electron chi connectivity index (χ3n) is 4.64. The number of para-hydroxylation sites is 1. The highest BCUT2D eigenvalue weighted by Gasteiger charge is 2.31. The molecule has 1 atom stereocenters. The first kappa shape index (κ1) is 25.8. The lowest BCUT2D eigenvalue weighted by Crippen LogP contribution is -2.52. The van der Waals surface area contributed by atoms with Crippen molar-refractivity contribution in [2.75, 3.05) is 17.1 Å². The second-order valence-electron chi connectivity index (χ2n) is 7.71. The fourth-order valence-corrected chi connectivity index (χ4v) is 4.37. The van der Waals surface area contributed by atoms with E-state index in [0.29, 0.717) is 4.31 Å². The van der Waals surface area contributed by atoms with Crippen LogP contribution in [0.25, 0.3) is 0 Å². The van der Waals surface area contributed by atoms with Gasteiger partial charge in [-0.2, -0.15) is 0 Å². The van der Waals surface area contributed by atoms with E-state index in [1.807, 2.05) is 6.07 Å². The molecule has 0 bridgehead atoms. The van der Waals surface area contributed by atoms with Crippen molar-refractivity contribution in [3.8, 4) is 0 Å². The van der Waals surface area contributed by atoms with Crippen molar-refractivity contribution < 1.29 is 22.4 Å². The molecule has 0 aliphatic heterocycles. The summed E-state index contributed by atoms with van der Waals surface area (Å²) in [4.78, 5) is 27.3. The molecular formula is C22H27BrFN3O4S. The van der Waals surface area contributed by atoms with Crippen molar-refractivity contribution in [1.29, 1.82) is 0 Å². The molecule has 7 nitrogen and oxygen atoms in total. The Morgan fingerprint density at radius 1 is 1.09 bits per heavy atom. The summed E-state index contributed by atoms with van der Waals surface area (Å²) in [6, 6.07) is 11.5. The zero-order valence-electron chi connectivity index (χ0n) is 18.4. The lowest BCUT2D eigenvalue weighted by molar-refractivity contribution is -0.139. The minimum absolute atomic E-state index is 0.0693. The first-order valence-electron chi connectivity index (χ1n) is 9.96. The van der Waals surface area contributed by atoms with E-state index >= 15 is 0 Å². The summed E-state index contributed by atoms with van der Waals surface area (Å²) in [5.74, 6) is -1.78. The zero-order valence-corrected chi connectivity index (χ0v) is 20.8. The van der Waals surface area contributed by atoms with E-state index in [-0.39, 0.29) is 24.2 Å². The number of nitrogens with zero attached hydrogens (tertiary/aromatic N) is 2. The van der Waals surface area contributed by atoms with Crippen LogP contribution in [0.3, 0.4) is 0 Å². The summed E-state index contributed by atoms with van der Waals surface area (Å²) in [6.07, 6.45) is 0.903. The van der Waals surface area contributed by atoms with Gasteiger partial charge in [-0.25, -0.2) is 12.8 Å². The number of benzene rings is 2. The molecule has 2 aromatic carbocycles. The zero-order chi connectivity index (χ0) is 24.1. The van der Waals surface area contributed by atoms with Crippen LogP contribution in [0.1, 0.15) is 26.3 Å². The molecule has 174 valence electrons. The Balaban J connectivity index is 2.40. The minimum Gasteiger partial charge on any atom is -0.352 e. The van der Waals surface area contributed by atoms with E-state index in [9.17, 15) is 22.4 Å². The van der Waals surface area contributed by atoms with Crippen molar-refractivity contribution >= 4 is 43.5 Å². The molecule has 0 aliphatic rings. The second kappa shape index (κ2) is 10.9. The van der Waals surface area contributed by atoms with E-state index in [1.54, 1.807) is 39.0 Å². The van der Waals surface area contributed by atoms with Gasteiger partial charge in [0.1, 0.15) is 18.4 Å². The quantitative estimate of drug-likeness (QED) is 0.542. The van der Waals surface area contributed by atoms with Crippen LogP contribution in [0.2, 0.25) is 0 Å². The largest absolute Gasteiger partial charge is 0.352 e. The Bertz CT molecular complexity index is 1080. The first-order chi connectivity index (χ1) is 14.9. The molecular weight excluding hydrogens is 501 g/mol. The van der Waals surface area contributed by atoms with Crippen LogP contribution in [0.15, 0.2) is 53.0 Å². The van der Waals surface area contributed by atoms with Crippen molar-refractivity contribution in [2.45, 2.75) is 39.4 Å². The molecule has 2 aromatic rings. The molecule has 0 radical (unpaired) electrons. The Morgan fingerprint density at radius 2 is 1.75 bits per heavy atom. The van der Waals surface area contributed by atoms with Crippen LogP contribution in [0.5, 0.6) is 0 Å². The SMILES string of the molecule is CC(C)NC(=O)[C@H](C)N(Cc1cccc(Br)c1)C(=O)CN(c1ccccc1F)S(C)(=O)=O. The highest BCUT2D eigenvalue weighted by Crippen LogP contribution is 2.22. The Morgan fingerprint density at radius 3 is 2.31 bits per heavy atom. The van der Waals surface area contributed by atoms with Crippen molar-refractivity contribution in [1.82, 2.24) is 10.2 Å². The van der Waals surface area contributed by atoms with Crippen LogP contribution in [-0.4, -0.2) is 50.0 Å². The number of halogens is 2. The summed E-state index contributed by atoms with van der Waals surface area (Å²) in [5, 5.41) is 2.77. The smallest absolute Gasteiger partial charge is 0.244 e. The lowest BCUT2D eigenvalue weighted by Gasteiger charge is -2.32. The topological polar surface area (TPSA) is 86.8 Å². The Labute approximate surface area is 196 Å². The molecule has 0 heterocycles. The number of carbonyl (C=O) groups is 2. The number of hydrogen-bond acceptors (Lipinski definition) is 4. The van der Waals surface area contributed by atoms with E-state index in [0.717, 1.165) is 22.4 Å². The fourth-order valence-electron chi connectivity index (χ4n) is 3.07. The first-order valence-corrected chi connectivity index (χ1v) is 12.6.